The predicted octanol–water partition coefficient (Wildman–Crippen LogP) is 3.20. The molecule has 14 heavy (non-hydrogen) atoms. The van der Waals surface area contributed by atoms with Crippen LogP contribution < -0.4 is 0 Å². The van der Waals surface area contributed by atoms with Gasteiger partial charge in [-0.1, -0.05) is 15.9 Å². The number of benzene rings is 1. The van der Waals surface area contributed by atoms with E-state index in [9.17, 15) is 4.79 Å². The van der Waals surface area contributed by atoms with Gasteiger partial charge >= 0.3 is 5.97 Å². The number of rotatable bonds is 1. The van der Waals surface area contributed by atoms with Gasteiger partial charge in [-0.05, 0) is 25.1 Å². The van der Waals surface area contributed by atoms with Gasteiger partial charge in [0, 0.05) is 9.86 Å². The van der Waals surface area contributed by atoms with Crippen LogP contribution >= 0.6 is 15.9 Å². The van der Waals surface area contributed by atoms with E-state index in [0.717, 1.165) is 9.86 Å². The van der Waals surface area contributed by atoms with Gasteiger partial charge in [0.1, 0.15) is 16.9 Å². The lowest BCUT2D eigenvalue weighted by Crippen LogP contribution is -1.96. The van der Waals surface area contributed by atoms with E-state index in [1.54, 1.807) is 6.92 Å². The molecule has 1 aromatic carbocycles. The fourth-order valence-corrected chi connectivity index (χ4v) is 1.88. The number of fused-ring (bicyclic) bond motifs is 1. The lowest BCUT2D eigenvalue weighted by molar-refractivity contribution is 0.0698. The number of carboxylic acid groups (broad SMARTS) is 1. The Morgan fingerprint density at radius 2 is 2.14 bits per heavy atom. The van der Waals surface area contributed by atoms with Crippen molar-refractivity contribution in [1.29, 1.82) is 0 Å². The second kappa shape index (κ2) is 3.13. The van der Waals surface area contributed by atoms with Crippen LogP contribution in [0.4, 0.5) is 0 Å². The summed E-state index contributed by atoms with van der Waals surface area (Å²) >= 11 is 3.26. The molecule has 0 aliphatic carbocycles. The average molecular weight is 255 g/mol. The standard InChI is InChI=1S/C10H7BrO3/c1-5-2-6-3-7(11)4-8(10(12)13)9(6)14-5/h2-4H,1H3,(H,12,13). The summed E-state index contributed by atoms with van der Waals surface area (Å²) in [5, 5.41) is 9.74. The molecule has 0 saturated carbocycles. The third kappa shape index (κ3) is 1.42. The first-order valence-electron chi connectivity index (χ1n) is 4.01. The molecule has 0 saturated heterocycles. The van der Waals surface area contributed by atoms with Gasteiger partial charge in [-0.25, -0.2) is 4.79 Å². The summed E-state index contributed by atoms with van der Waals surface area (Å²) in [5.74, 6) is -0.272. The van der Waals surface area contributed by atoms with Gasteiger partial charge in [0.25, 0.3) is 0 Å². The molecule has 3 nitrogen and oxygen atoms in total. The van der Waals surface area contributed by atoms with Crippen LogP contribution in [0.15, 0.2) is 27.1 Å². The number of hydrogen-bond donors (Lipinski definition) is 1. The molecule has 0 radical (unpaired) electrons. The summed E-state index contributed by atoms with van der Waals surface area (Å²) in [4.78, 5) is 10.9. The first-order valence-corrected chi connectivity index (χ1v) is 4.80. The SMILES string of the molecule is Cc1cc2cc(Br)cc(C(=O)O)c2o1. The summed E-state index contributed by atoms with van der Waals surface area (Å²) in [6.45, 7) is 1.79. The molecule has 0 spiro atoms. The van der Waals surface area contributed by atoms with Gasteiger partial charge in [-0.3, -0.25) is 0 Å². The summed E-state index contributed by atoms with van der Waals surface area (Å²) < 4.78 is 6.05. The fourth-order valence-electron chi connectivity index (χ4n) is 1.40. The van der Waals surface area contributed by atoms with Crippen molar-refractivity contribution in [2.75, 3.05) is 0 Å². The quantitative estimate of drug-likeness (QED) is 0.851. The molecule has 72 valence electrons. The number of furan rings is 1. The molecule has 1 N–H and O–H groups in total. The smallest absolute Gasteiger partial charge is 0.339 e. The van der Waals surface area contributed by atoms with Gasteiger partial charge in [0.15, 0.2) is 0 Å². The van der Waals surface area contributed by atoms with Crippen LogP contribution in [0.1, 0.15) is 16.1 Å². The van der Waals surface area contributed by atoms with Crippen LogP contribution in [-0.2, 0) is 0 Å². The zero-order valence-electron chi connectivity index (χ0n) is 7.37. The molecule has 0 amide bonds. The second-order valence-electron chi connectivity index (χ2n) is 3.03. The van der Waals surface area contributed by atoms with E-state index in [1.165, 1.54) is 6.07 Å². The maximum atomic E-state index is 10.9. The van der Waals surface area contributed by atoms with Crippen molar-refractivity contribution in [1.82, 2.24) is 0 Å². The molecule has 0 bridgehead atoms. The first-order chi connectivity index (χ1) is 6.58. The second-order valence-corrected chi connectivity index (χ2v) is 3.95. The zero-order valence-corrected chi connectivity index (χ0v) is 8.96. The molecular formula is C10H7BrO3. The highest BCUT2D eigenvalue weighted by Gasteiger charge is 2.13. The Bertz CT molecular complexity index is 513. The van der Waals surface area contributed by atoms with Crippen molar-refractivity contribution < 1.29 is 14.3 Å². The van der Waals surface area contributed by atoms with E-state index in [1.807, 2.05) is 12.1 Å². The molecular weight excluding hydrogens is 248 g/mol. The summed E-state index contributed by atoms with van der Waals surface area (Å²) in [6, 6.07) is 5.18. The topological polar surface area (TPSA) is 50.4 Å². The third-order valence-corrected chi connectivity index (χ3v) is 2.39. The Kier molecular flexibility index (Phi) is 2.07. The highest BCUT2D eigenvalue weighted by molar-refractivity contribution is 9.10. The Morgan fingerprint density at radius 3 is 2.79 bits per heavy atom. The van der Waals surface area contributed by atoms with E-state index in [-0.39, 0.29) is 5.56 Å². The van der Waals surface area contributed by atoms with Crippen LogP contribution in [0.25, 0.3) is 11.0 Å². The molecule has 1 aromatic heterocycles. The zero-order chi connectivity index (χ0) is 10.3. The molecule has 0 atom stereocenters. The van der Waals surface area contributed by atoms with E-state index in [4.69, 9.17) is 9.52 Å². The van der Waals surface area contributed by atoms with E-state index < -0.39 is 5.97 Å². The number of aryl methyl sites for hydroxylation is 1. The Balaban J connectivity index is 2.85. The number of halogens is 1. The minimum Gasteiger partial charge on any atom is -0.478 e. The molecule has 0 aliphatic rings. The van der Waals surface area contributed by atoms with Crippen LogP contribution in [0.5, 0.6) is 0 Å². The molecule has 0 aliphatic heterocycles. The largest absolute Gasteiger partial charge is 0.478 e. The Morgan fingerprint density at radius 1 is 1.43 bits per heavy atom. The van der Waals surface area contributed by atoms with Crippen LogP contribution in [-0.4, -0.2) is 11.1 Å². The van der Waals surface area contributed by atoms with Crippen LogP contribution in [0, 0.1) is 6.92 Å². The van der Waals surface area contributed by atoms with Crippen molar-refractivity contribution in [3.63, 3.8) is 0 Å². The lowest BCUT2D eigenvalue weighted by atomic mass is 10.1. The Hall–Kier alpha value is -1.29. The van der Waals surface area contributed by atoms with Gasteiger partial charge in [-0.2, -0.15) is 0 Å². The van der Waals surface area contributed by atoms with Crippen molar-refractivity contribution >= 4 is 32.9 Å². The highest BCUT2D eigenvalue weighted by Crippen LogP contribution is 2.27. The monoisotopic (exact) mass is 254 g/mol. The average Bonchev–Trinajstić information content (AvgIpc) is 2.42. The molecule has 2 aromatic rings. The molecule has 2 rings (SSSR count). The summed E-state index contributed by atoms with van der Waals surface area (Å²) in [6.07, 6.45) is 0. The maximum Gasteiger partial charge on any atom is 0.339 e. The number of aromatic carboxylic acids is 1. The molecule has 0 fully saturated rings. The molecule has 4 heteroatoms. The molecule has 0 unspecified atom stereocenters. The first kappa shape index (κ1) is 9.27. The van der Waals surface area contributed by atoms with Gasteiger partial charge in [0.05, 0.1) is 0 Å². The van der Waals surface area contributed by atoms with Crippen molar-refractivity contribution in [3.05, 3.63) is 34.0 Å². The predicted molar refractivity (Wildman–Crippen MR) is 55.6 cm³/mol. The highest BCUT2D eigenvalue weighted by atomic mass is 79.9. The summed E-state index contributed by atoms with van der Waals surface area (Å²) in [7, 11) is 0. The molecule has 1 heterocycles. The fraction of sp³-hybridized carbons (Fsp3) is 0.100. The van der Waals surface area contributed by atoms with Crippen molar-refractivity contribution in [2.24, 2.45) is 0 Å². The summed E-state index contributed by atoms with van der Waals surface area (Å²) in [5.41, 5.74) is 0.612. The maximum absolute atomic E-state index is 10.9. The minimum atomic E-state index is -0.981. The normalized spacial score (nSPS) is 10.7. The van der Waals surface area contributed by atoms with Crippen LogP contribution in [0.2, 0.25) is 0 Å². The minimum absolute atomic E-state index is 0.183. The lowest BCUT2D eigenvalue weighted by Gasteiger charge is -1.97. The van der Waals surface area contributed by atoms with Gasteiger partial charge in [0.2, 0.25) is 0 Å². The third-order valence-electron chi connectivity index (χ3n) is 1.93. The van der Waals surface area contributed by atoms with E-state index >= 15 is 0 Å². The van der Waals surface area contributed by atoms with Crippen LogP contribution in [0.3, 0.4) is 0 Å². The van der Waals surface area contributed by atoms with E-state index in [2.05, 4.69) is 15.9 Å². The van der Waals surface area contributed by atoms with Crippen molar-refractivity contribution in [3.8, 4) is 0 Å². The van der Waals surface area contributed by atoms with Gasteiger partial charge < -0.3 is 9.52 Å². The number of carboxylic acids is 1. The Labute approximate surface area is 88.5 Å². The van der Waals surface area contributed by atoms with Crippen molar-refractivity contribution in [2.45, 2.75) is 6.92 Å². The number of hydrogen-bond acceptors (Lipinski definition) is 2. The number of carbonyl (C=O) groups is 1. The van der Waals surface area contributed by atoms with E-state index in [0.29, 0.717) is 11.3 Å². The van der Waals surface area contributed by atoms with Gasteiger partial charge in [-0.15, -0.1) is 0 Å².